The first-order chi connectivity index (χ1) is 9.25. The van der Waals surface area contributed by atoms with E-state index >= 15 is 0 Å². The summed E-state index contributed by atoms with van der Waals surface area (Å²) >= 11 is 1.48. The van der Waals surface area contributed by atoms with E-state index in [-0.39, 0.29) is 18.2 Å². The molecule has 0 unspecified atom stereocenters. The Morgan fingerprint density at radius 1 is 1.11 bits per heavy atom. The SMILES string of the molecule is Oc1ccccc1OCc1csc2cccc(F)c12. The number of benzene rings is 2. The normalized spacial score (nSPS) is 10.8. The van der Waals surface area contributed by atoms with E-state index in [1.54, 1.807) is 30.3 Å². The Hall–Kier alpha value is -2.07. The van der Waals surface area contributed by atoms with Crippen molar-refractivity contribution in [3.05, 3.63) is 59.2 Å². The lowest BCUT2D eigenvalue weighted by molar-refractivity contribution is 0.290. The average Bonchev–Trinajstić information content (AvgIpc) is 2.83. The molecule has 0 saturated heterocycles. The number of phenols is 1. The van der Waals surface area contributed by atoms with Crippen molar-refractivity contribution in [1.82, 2.24) is 0 Å². The molecule has 1 aromatic heterocycles. The number of hydrogen-bond acceptors (Lipinski definition) is 3. The van der Waals surface area contributed by atoms with Gasteiger partial charge in [0.25, 0.3) is 0 Å². The molecule has 1 heterocycles. The average molecular weight is 274 g/mol. The Bertz CT molecular complexity index is 721. The lowest BCUT2D eigenvalue weighted by Gasteiger charge is -2.07. The van der Waals surface area contributed by atoms with Crippen molar-refractivity contribution in [2.45, 2.75) is 6.61 Å². The second-order valence-electron chi connectivity index (χ2n) is 4.13. The zero-order chi connectivity index (χ0) is 13.2. The van der Waals surface area contributed by atoms with Crippen LogP contribution in [-0.2, 0) is 6.61 Å². The van der Waals surface area contributed by atoms with Gasteiger partial charge in [0.05, 0.1) is 0 Å². The summed E-state index contributed by atoms with van der Waals surface area (Å²) in [7, 11) is 0. The summed E-state index contributed by atoms with van der Waals surface area (Å²) in [4.78, 5) is 0. The first-order valence-corrected chi connectivity index (χ1v) is 6.69. The largest absolute Gasteiger partial charge is 0.504 e. The quantitative estimate of drug-likeness (QED) is 0.770. The third kappa shape index (κ3) is 2.27. The minimum Gasteiger partial charge on any atom is -0.504 e. The van der Waals surface area contributed by atoms with E-state index < -0.39 is 0 Å². The van der Waals surface area contributed by atoms with Gasteiger partial charge in [-0.3, -0.25) is 0 Å². The number of rotatable bonds is 3. The molecule has 2 nitrogen and oxygen atoms in total. The van der Waals surface area contributed by atoms with E-state index in [0.29, 0.717) is 11.1 Å². The monoisotopic (exact) mass is 274 g/mol. The van der Waals surface area contributed by atoms with Gasteiger partial charge in [-0.2, -0.15) is 0 Å². The van der Waals surface area contributed by atoms with Gasteiger partial charge in [0.2, 0.25) is 0 Å². The molecule has 0 saturated carbocycles. The topological polar surface area (TPSA) is 29.5 Å². The Labute approximate surface area is 113 Å². The highest BCUT2D eigenvalue weighted by atomic mass is 32.1. The smallest absolute Gasteiger partial charge is 0.161 e. The molecule has 3 rings (SSSR count). The van der Waals surface area contributed by atoms with Crippen LogP contribution in [0.2, 0.25) is 0 Å². The molecule has 3 aromatic rings. The molecule has 0 aliphatic rings. The maximum absolute atomic E-state index is 13.8. The Kier molecular flexibility index (Phi) is 3.09. The third-order valence-electron chi connectivity index (χ3n) is 2.87. The number of fused-ring (bicyclic) bond motifs is 1. The van der Waals surface area contributed by atoms with E-state index in [2.05, 4.69) is 0 Å². The molecule has 0 bridgehead atoms. The summed E-state index contributed by atoms with van der Waals surface area (Å²) in [6.45, 7) is 0.235. The molecule has 96 valence electrons. The van der Waals surface area contributed by atoms with Crippen molar-refractivity contribution in [2.24, 2.45) is 0 Å². The van der Waals surface area contributed by atoms with Crippen LogP contribution >= 0.6 is 11.3 Å². The van der Waals surface area contributed by atoms with Crippen molar-refractivity contribution < 1.29 is 14.2 Å². The van der Waals surface area contributed by atoms with Gasteiger partial charge in [-0.1, -0.05) is 18.2 Å². The molecule has 0 radical (unpaired) electrons. The van der Waals surface area contributed by atoms with Crippen LogP contribution in [0.1, 0.15) is 5.56 Å². The fourth-order valence-electron chi connectivity index (χ4n) is 1.95. The van der Waals surface area contributed by atoms with E-state index in [0.717, 1.165) is 10.3 Å². The third-order valence-corrected chi connectivity index (χ3v) is 3.87. The molecule has 4 heteroatoms. The number of para-hydroxylation sites is 2. The van der Waals surface area contributed by atoms with Crippen molar-refractivity contribution in [2.75, 3.05) is 0 Å². The second kappa shape index (κ2) is 4.90. The molecule has 0 fully saturated rings. The summed E-state index contributed by atoms with van der Waals surface area (Å²) in [5, 5.41) is 12.1. The first kappa shape index (κ1) is 12.0. The predicted octanol–water partition coefficient (Wildman–Crippen LogP) is 4.33. The van der Waals surface area contributed by atoms with Crippen LogP contribution in [0.25, 0.3) is 10.1 Å². The van der Waals surface area contributed by atoms with Crippen LogP contribution in [0.4, 0.5) is 4.39 Å². The van der Waals surface area contributed by atoms with Gasteiger partial charge >= 0.3 is 0 Å². The van der Waals surface area contributed by atoms with Crippen LogP contribution in [0.15, 0.2) is 47.8 Å². The molecule has 2 aromatic carbocycles. The number of ether oxygens (including phenoxy) is 1. The summed E-state index contributed by atoms with van der Waals surface area (Å²) in [6.07, 6.45) is 0. The highest BCUT2D eigenvalue weighted by Gasteiger charge is 2.10. The van der Waals surface area contributed by atoms with E-state index in [1.165, 1.54) is 17.4 Å². The summed E-state index contributed by atoms with van der Waals surface area (Å²) < 4.78 is 20.2. The Morgan fingerprint density at radius 3 is 2.79 bits per heavy atom. The van der Waals surface area contributed by atoms with E-state index in [9.17, 15) is 9.50 Å². The Morgan fingerprint density at radius 2 is 1.95 bits per heavy atom. The van der Waals surface area contributed by atoms with E-state index in [4.69, 9.17) is 4.74 Å². The van der Waals surface area contributed by atoms with Gasteiger partial charge in [-0.05, 0) is 29.6 Å². The predicted molar refractivity (Wildman–Crippen MR) is 74.2 cm³/mol. The van der Waals surface area contributed by atoms with Crippen LogP contribution in [-0.4, -0.2) is 5.11 Å². The number of hydrogen-bond donors (Lipinski definition) is 1. The first-order valence-electron chi connectivity index (χ1n) is 5.81. The maximum atomic E-state index is 13.8. The minimum absolute atomic E-state index is 0.0857. The molecule has 0 amide bonds. The maximum Gasteiger partial charge on any atom is 0.161 e. The zero-order valence-corrected chi connectivity index (χ0v) is 10.8. The molecule has 0 spiro atoms. The Balaban J connectivity index is 1.89. The fourth-order valence-corrected chi connectivity index (χ4v) is 2.91. The fraction of sp³-hybridized carbons (Fsp3) is 0.0667. The molecule has 0 aliphatic heterocycles. The lowest BCUT2D eigenvalue weighted by atomic mass is 10.2. The molecule has 0 aliphatic carbocycles. The van der Waals surface area contributed by atoms with Crippen molar-refractivity contribution in [1.29, 1.82) is 0 Å². The van der Waals surface area contributed by atoms with Gasteiger partial charge in [-0.25, -0.2) is 4.39 Å². The van der Waals surface area contributed by atoms with Gasteiger partial charge in [-0.15, -0.1) is 11.3 Å². The number of halogens is 1. The number of phenolic OH excluding ortho intramolecular Hbond substituents is 1. The highest BCUT2D eigenvalue weighted by Crippen LogP contribution is 2.31. The van der Waals surface area contributed by atoms with Crippen LogP contribution in [0.5, 0.6) is 11.5 Å². The minimum atomic E-state index is -0.241. The van der Waals surface area contributed by atoms with Crippen LogP contribution < -0.4 is 4.74 Å². The van der Waals surface area contributed by atoms with E-state index in [1.807, 2.05) is 11.4 Å². The van der Waals surface area contributed by atoms with Gasteiger partial charge in [0.15, 0.2) is 11.5 Å². The van der Waals surface area contributed by atoms with Gasteiger partial charge in [0, 0.05) is 15.6 Å². The van der Waals surface area contributed by atoms with Gasteiger partial charge < -0.3 is 9.84 Å². The van der Waals surface area contributed by atoms with Crippen molar-refractivity contribution in [3.8, 4) is 11.5 Å². The molecular weight excluding hydrogens is 263 g/mol. The summed E-state index contributed by atoms with van der Waals surface area (Å²) in [5.74, 6) is 0.246. The van der Waals surface area contributed by atoms with Crippen LogP contribution in [0.3, 0.4) is 0 Å². The molecule has 0 atom stereocenters. The summed E-state index contributed by atoms with van der Waals surface area (Å²) in [6, 6.07) is 11.8. The second-order valence-corrected chi connectivity index (χ2v) is 5.04. The standard InChI is InChI=1S/C15H11FO2S/c16-11-4-3-7-14-15(11)10(9-19-14)8-18-13-6-2-1-5-12(13)17/h1-7,9,17H,8H2. The highest BCUT2D eigenvalue weighted by molar-refractivity contribution is 7.17. The molecule has 19 heavy (non-hydrogen) atoms. The summed E-state index contributed by atoms with van der Waals surface area (Å²) in [5.41, 5.74) is 0.793. The molecular formula is C15H11FO2S. The molecule has 1 N–H and O–H groups in total. The van der Waals surface area contributed by atoms with Crippen molar-refractivity contribution in [3.63, 3.8) is 0 Å². The van der Waals surface area contributed by atoms with Gasteiger partial charge in [0.1, 0.15) is 12.4 Å². The number of thiophene rings is 1. The number of aromatic hydroxyl groups is 1. The van der Waals surface area contributed by atoms with Crippen LogP contribution in [0, 0.1) is 5.82 Å². The van der Waals surface area contributed by atoms with Crippen molar-refractivity contribution >= 4 is 21.4 Å². The lowest BCUT2D eigenvalue weighted by Crippen LogP contribution is -1.95. The zero-order valence-electron chi connectivity index (χ0n) is 9.97.